The average molecular weight is 272 g/mol. The SMILES string of the molecule is [B][C@@H]1O[C@]2(CC(=O)OCc3ccccc3)CO[C@@H]1C2C. The van der Waals surface area contributed by atoms with Gasteiger partial charge in [0.25, 0.3) is 0 Å². The molecule has 5 heteroatoms. The third kappa shape index (κ3) is 2.36. The number of benzene rings is 1. The highest BCUT2D eigenvalue weighted by Crippen LogP contribution is 2.45. The van der Waals surface area contributed by atoms with Crippen molar-refractivity contribution in [2.45, 2.75) is 37.7 Å². The molecule has 0 amide bonds. The standard InChI is InChI=1S/C15H17BO4/c1-10-13-14(16)20-15(10,9-19-13)7-12(17)18-8-11-5-3-2-4-6-11/h2-6,10,13-14H,7-9H2,1H3/t10?,13-,14-,15-/m1/s1. The molecular formula is C15H17BO4. The van der Waals surface area contributed by atoms with E-state index in [4.69, 9.17) is 22.1 Å². The molecule has 2 aliphatic heterocycles. The van der Waals surface area contributed by atoms with Crippen LogP contribution in [-0.4, -0.2) is 38.1 Å². The van der Waals surface area contributed by atoms with E-state index in [9.17, 15) is 4.79 Å². The molecule has 1 aromatic carbocycles. The minimum absolute atomic E-state index is 0.113. The molecule has 2 saturated heterocycles. The molecule has 2 radical (unpaired) electrons. The molecule has 1 aromatic rings. The van der Waals surface area contributed by atoms with E-state index < -0.39 is 11.6 Å². The van der Waals surface area contributed by atoms with Crippen molar-refractivity contribution in [2.75, 3.05) is 6.61 Å². The number of rotatable bonds is 4. The van der Waals surface area contributed by atoms with Gasteiger partial charge >= 0.3 is 5.97 Å². The number of hydrogen-bond acceptors (Lipinski definition) is 4. The predicted molar refractivity (Wildman–Crippen MR) is 73.1 cm³/mol. The largest absolute Gasteiger partial charge is 0.461 e. The van der Waals surface area contributed by atoms with Crippen LogP contribution in [0, 0.1) is 5.92 Å². The lowest BCUT2D eigenvalue weighted by molar-refractivity contribution is -0.160. The molecule has 0 spiro atoms. The quantitative estimate of drug-likeness (QED) is 0.614. The molecule has 2 heterocycles. The Morgan fingerprint density at radius 1 is 1.45 bits per heavy atom. The second kappa shape index (κ2) is 5.22. The van der Waals surface area contributed by atoms with Crippen LogP contribution in [0.1, 0.15) is 18.9 Å². The smallest absolute Gasteiger partial charge is 0.309 e. The summed E-state index contributed by atoms with van der Waals surface area (Å²) in [4.78, 5) is 12.0. The Bertz CT molecular complexity index is 492. The number of hydrogen-bond donors (Lipinski definition) is 0. The predicted octanol–water partition coefficient (Wildman–Crippen LogP) is 1.42. The highest BCUT2D eigenvalue weighted by molar-refractivity contribution is 6.11. The summed E-state index contributed by atoms with van der Waals surface area (Å²) in [5.74, 6) is -0.166. The van der Waals surface area contributed by atoms with Crippen LogP contribution in [-0.2, 0) is 25.6 Å². The summed E-state index contributed by atoms with van der Waals surface area (Å²) >= 11 is 0. The maximum absolute atomic E-state index is 12.0. The van der Waals surface area contributed by atoms with Gasteiger partial charge in [0.2, 0.25) is 0 Å². The third-order valence-electron chi connectivity index (χ3n) is 4.22. The highest BCUT2D eigenvalue weighted by Gasteiger charge is 2.58. The normalized spacial score (nSPS) is 35.1. The topological polar surface area (TPSA) is 44.8 Å². The first-order valence-corrected chi connectivity index (χ1v) is 6.85. The lowest BCUT2D eigenvalue weighted by Gasteiger charge is -2.29. The Hall–Kier alpha value is -1.33. The summed E-state index contributed by atoms with van der Waals surface area (Å²) < 4.78 is 16.6. The molecule has 2 bridgehead atoms. The van der Waals surface area contributed by atoms with E-state index >= 15 is 0 Å². The Morgan fingerprint density at radius 3 is 2.80 bits per heavy atom. The van der Waals surface area contributed by atoms with Crippen molar-refractivity contribution in [3.05, 3.63) is 35.9 Å². The van der Waals surface area contributed by atoms with E-state index in [0.29, 0.717) is 6.61 Å². The number of fused-ring (bicyclic) bond motifs is 2. The molecule has 0 saturated carbocycles. The Kier molecular flexibility index (Phi) is 3.56. The molecule has 20 heavy (non-hydrogen) atoms. The zero-order chi connectivity index (χ0) is 14.2. The minimum Gasteiger partial charge on any atom is -0.461 e. The monoisotopic (exact) mass is 272 g/mol. The molecule has 4 nitrogen and oxygen atoms in total. The van der Waals surface area contributed by atoms with Gasteiger partial charge in [0.1, 0.15) is 20.1 Å². The second-order valence-electron chi connectivity index (χ2n) is 5.53. The average Bonchev–Trinajstić information content (AvgIpc) is 2.86. The van der Waals surface area contributed by atoms with Gasteiger partial charge in [0.05, 0.1) is 19.1 Å². The van der Waals surface area contributed by atoms with Crippen molar-refractivity contribution < 1.29 is 19.0 Å². The van der Waals surface area contributed by atoms with E-state index in [1.807, 2.05) is 37.3 Å². The fourth-order valence-corrected chi connectivity index (χ4v) is 2.96. The Labute approximate surface area is 119 Å². The molecule has 4 atom stereocenters. The van der Waals surface area contributed by atoms with Crippen LogP contribution in [0.15, 0.2) is 30.3 Å². The third-order valence-corrected chi connectivity index (χ3v) is 4.22. The number of ether oxygens (including phenoxy) is 3. The van der Waals surface area contributed by atoms with Crippen molar-refractivity contribution in [3.8, 4) is 0 Å². The van der Waals surface area contributed by atoms with Gasteiger partial charge in [-0.3, -0.25) is 4.79 Å². The first kappa shape index (κ1) is 13.6. The van der Waals surface area contributed by atoms with Gasteiger partial charge in [-0.25, -0.2) is 0 Å². The van der Waals surface area contributed by atoms with Crippen LogP contribution in [0.5, 0.6) is 0 Å². The van der Waals surface area contributed by atoms with Crippen molar-refractivity contribution in [2.24, 2.45) is 5.92 Å². The molecule has 2 aliphatic rings. The van der Waals surface area contributed by atoms with Crippen LogP contribution in [0.3, 0.4) is 0 Å². The van der Waals surface area contributed by atoms with Gasteiger partial charge in [-0.05, 0) is 5.56 Å². The van der Waals surface area contributed by atoms with E-state index in [0.717, 1.165) is 5.56 Å². The number of carbonyl (C=O) groups excluding carboxylic acids is 1. The second-order valence-corrected chi connectivity index (χ2v) is 5.53. The number of carbonyl (C=O) groups is 1. The van der Waals surface area contributed by atoms with Gasteiger partial charge in [-0.2, -0.15) is 0 Å². The molecular weight excluding hydrogens is 255 g/mol. The van der Waals surface area contributed by atoms with Gasteiger partial charge in [-0.15, -0.1) is 0 Å². The molecule has 104 valence electrons. The van der Waals surface area contributed by atoms with Crippen LogP contribution >= 0.6 is 0 Å². The lowest BCUT2D eigenvalue weighted by Crippen LogP contribution is -2.40. The van der Waals surface area contributed by atoms with Gasteiger partial charge in [-0.1, -0.05) is 37.3 Å². The van der Waals surface area contributed by atoms with Gasteiger partial charge < -0.3 is 14.2 Å². The summed E-state index contributed by atoms with van der Waals surface area (Å²) in [5.41, 5.74) is 0.355. The summed E-state index contributed by atoms with van der Waals surface area (Å²) in [6.07, 6.45) is 0.0718. The lowest BCUT2D eigenvalue weighted by atomic mass is 9.84. The molecule has 1 unspecified atom stereocenters. The molecule has 0 aliphatic carbocycles. The van der Waals surface area contributed by atoms with E-state index in [1.54, 1.807) is 0 Å². The van der Waals surface area contributed by atoms with Crippen LogP contribution < -0.4 is 0 Å². The summed E-state index contributed by atoms with van der Waals surface area (Å²) in [6, 6.07) is 9.16. The fraction of sp³-hybridized carbons (Fsp3) is 0.533. The zero-order valence-electron chi connectivity index (χ0n) is 11.5. The maximum atomic E-state index is 12.0. The molecule has 0 aromatic heterocycles. The summed E-state index contributed by atoms with van der Waals surface area (Å²) in [6.45, 7) is 2.70. The van der Waals surface area contributed by atoms with Gasteiger partial charge in [0, 0.05) is 11.9 Å². The van der Waals surface area contributed by atoms with Crippen molar-refractivity contribution in [1.82, 2.24) is 0 Å². The van der Waals surface area contributed by atoms with Crippen LogP contribution in [0.25, 0.3) is 0 Å². The van der Waals surface area contributed by atoms with Gasteiger partial charge in [0.15, 0.2) is 0 Å². The van der Waals surface area contributed by atoms with Crippen molar-refractivity contribution in [3.63, 3.8) is 0 Å². The molecule has 2 fully saturated rings. The van der Waals surface area contributed by atoms with E-state index in [1.165, 1.54) is 0 Å². The van der Waals surface area contributed by atoms with Crippen LogP contribution in [0.4, 0.5) is 0 Å². The van der Waals surface area contributed by atoms with Crippen molar-refractivity contribution >= 4 is 13.8 Å². The zero-order valence-corrected chi connectivity index (χ0v) is 11.5. The van der Waals surface area contributed by atoms with Crippen LogP contribution in [0.2, 0.25) is 0 Å². The Balaban J connectivity index is 1.57. The molecule has 0 N–H and O–H groups in total. The highest BCUT2D eigenvalue weighted by atomic mass is 16.6. The maximum Gasteiger partial charge on any atom is 0.309 e. The molecule has 3 rings (SSSR count). The fourth-order valence-electron chi connectivity index (χ4n) is 2.96. The first-order chi connectivity index (χ1) is 9.61. The number of esters is 1. The first-order valence-electron chi connectivity index (χ1n) is 6.85. The van der Waals surface area contributed by atoms with E-state index in [-0.39, 0.29) is 31.0 Å². The Morgan fingerprint density at radius 2 is 2.20 bits per heavy atom. The van der Waals surface area contributed by atoms with Crippen molar-refractivity contribution in [1.29, 1.82) is 0 Å². The summed E-state index contributed by atoms with van der Waals surface area (Å²) in [7, 11) is 5.84. The van der Waals surface area contributed by atoms with E-state index in [2.05, 4.69) is 0 Å². The summed E-state index contributed by atoms with van der Waals surface area (Å²) in [5, 5.41) is 0. The minimum atomic E-state index is -0.613.